The fraction of sp³-hybridized carbons (Fsp3) is 0.584. The van der Waals surface area contributed by atoms with Crippen molar-refractivity contribution in [1.29, 1.82) is 0 Å². The van der Waals surface area contributed by atoms with Gasteiger partial charge in [0.05, 0.1) is 98.5 Å². The van der Waals surface area contributed by atoms with Crippen LogP contribution in [0.5, 0.6) is 17.2 Å². The highest BCUT2D eigenvalue weighted by molar-refractivity contribution is 6.02. The number of hydrogen-bond acceptors (Lipinski definition) is 38. The molecule has 3 fully saturated rings. The summed E-state index contributed by atoms with van der Waals surface area (Å²) in [4.78, 5) is 183. The molecule has 0 aromatic heterocycles. The zero-order valence-electron chi connectivity index (χ0n) is 75.4. The van der Waals surface area contributed by atoms with E-state index < -0.39 is 193 Å². The van der Waals surface area contributed by atoms with Crippen LogP contribution in [-0.4, -0.2) is 301 Å². The molecule has 0 unspecified atom stereocenters. The van der Waals surface area contributed by atoms with Gasteiger partial charge in [-0.1, -0.05) is 57.7 Å². The summed E-state index contributed by atoms with van der Waals surface area (Å²) in [5, 5.41) is 64.1. The van der Waals surface area contributed by atoms with Gasteiger partial charge in [-0.25, -0.2) is 19.2 Å². The second kappa shape index (κ2) is 59.5. The number of amides is 2. The van der Waals surface area contributed by atoms with Crippen molar-refractivity contribution in [3.05, 3.63) is 88.0 Å². The van der Waals surface area contributed by atoms with Crippen LogP contribution in [0.2, 0.25) is 0 Å². The Hall–Kier alpha value is -11.8. The first kappa shape index (κ1) is 112. The quantitative estimate of drug-likeness (QED) is 0.0132. The molecule has 3 heterocycles. The molecule has 8 N–H and O–H groups in total. The topological polar surface area (TPSA) is 586 Å². The van der Waals surface area contributed by atoms with Crippen LogP contribution in [0.4, 0.5) is 0 Å². The maximum atomic E-state index is 14.0. The third-order valence-electron chi connectivity index (χ3n) is 20.2. The number of nitrogens with one attached hydrogen (secondary N) is 2. The number of ketones is 2. The molecule has 17 atom stereocenters. The maximum Gasteiger partial charge on any atom is 0.339 e. The number of benzene rings is 3. The predicted molar refractivity (Wildman–Crippen MR) is 450 cm³/mol. The Labute approximate surface area is 761 Å². The minimum Gasteiger partial charge on any atom is -0.481 e. The summed E-state index contributed by atoms with van der Waals surface area (Å²) < 4.78 is 107. The van der Waals surface area contributed by atoms with Gasteiger partial charge in [0.25, 0.3) is 0 Å². The predicted octanol–water partition coefficient (Wildman–Crippen LogP) is 2.97. The van der Waals surface area contributed by atoms with Gasteiger partial charge in [-0.3, -0.25) is 52.7 Å². The number of hydrogen-bond donors (Lipinski definition) is 8. The molecule has 0 saturated carbocycles. The first-order valence-corrected chi connectivity index (χ1v) is 41.7. The lowest BCUT2D eigenvalue weighted by Crippen LogP contribution is -2.61. The lowest BCUT2D eigenvalue weighted by molar-refractivity contribution is -0.271. The molecule has 43 heteroatoms. The molecular weight excluding hydrogens is 1750 g/mol. The van der Waals surface area contributed by atoms with Gasteiger partial charge in [0.2, 0.25) is 30.7 Å². The highest BCUT2D eigenvalue weighted by Crippen LogP contribution is 2.39. The fourth-order valence-corrected chi connectivity index (χ4v) is 12.9. The van der Waals surface area contributed by atoms with Crippen LogP contribution in [0, 0.1) is 60.2 Å². The Kier molecular flexibility index (Phi) is 50.7. The van der Waals surface area contributed by atoms with Gasteiger partial charge in [-0.2, -0.15) is 0 Å². The molecule has 6 rings (SSSR count). The minimum absolute atomic E-state index is 0.00962. The SMILES string of the molecule is C#CCOCCOCCOCCNC(=O)[C@@H](CCC(=O)O)CC(=O)c1cc(COC(C)=O)ccc1O[C@@H]1O[C@H](C(=O)O)[C@@H](O)[C@H](O)[C@H]1O.C#CCOCCOCCOCCNC(=O)[C@@H](CCC(=O)OC)CC(=O)c1cc(COC(C)=O)ccc1O[C@@H]1O[C@H](C(=O)OC)[C@@H](C)[C@H](C)[C@H]1OC(C)=O.COC(=O)[C@H]1O[C@@H](Oc2ccc(COC(C)=O)cc2C(=O)O)[C@H](OC(C)=O)[C@@H](C)[C@@H]1C. The maximum absolute atomic E-state index is 14.0. The Morgan fingerprint density at radius 3 is 1.11 bits per heavy atom. The molecule has 3 aliphatic heterocycles. The van der Waals surface area contributed by atoms with Crippen LogP contribution in [0.1, 0.15) is 149 Å². The molecule has 3 saturated heterocycles. The molecule has 3 aromatic carbocycles. The van der Waals surface area contributed by atoms with E-state index in [1.54, 1.807) is 33.8 Å². The summed E-state index contributed by atoms with van der Waals surface area (Å²) in [6.45, 7) is 15.9. The third-order valence-corrected chi connectivity index (χ3v) is 20.2. The number of aromatic carboxylic acids is 1. The molecular formula is C89H118N2O41. The van der Waals surface area contributed by atoms with E-state index in [0.717, 1.165) is 0 Å². The van der Waals surface area contributed by atoms with Gasteiger partial charge < -0.3 is 136 Å². The van der Waals surface area contributed by atoms with E-state index >= 15 is 0 Å². The molecule has 3 aromatic rings. The largest absolute Gasteiger partial charge is 0.481 e. The fourth-order valence-electron chi connectivity index (χ4n) is 12.9. The summed E-state index contributed by atoms with van der Waals surface area (Å²) >= 11 is 0. The van der Waals surface area contributed by atoms with Crippen LogP contribution in [0.3, 0.4) is 0 Å². The third kappa shape index (κ3) is 38.9. The molecule has 3 aliphatic rings. The zero-order valence-corrected chi connectivity index (χ0v) is 75.4. The van der Waals surface area contributed by atoms with Crippen molar-refractivity contribution in [2.75, 3.05) is 114 Å². The van der Waals surface area contributed by atoms with E-state index in [0.29, 0.717) is 49.7 Å². The summed E-state index contributed by atoms with van der Waals surface area (Å²) in [5.74, 6) is -10.6. The Balaban J connectivity index is 0.000000428. The lowest BCUT2D eigenvalue weighted by atomic mass is 9.83. The van der Waals surface area contributed by atoms with Gasteiger partial charge >= 0.3 is 65.7 Å². The Morgan fingerprint density at radius 1 is 0.417 bits per heavy atom. The number of carboxylic acid groups (broad SMARTS) is 3. The highest BCUT2D eigenvalue weighted by atomic mass is 16.7. The molecule has 2 amide bonds. The highest BCUT2D eigenvalue weighted by Gasteiger charge is 2.51. The van der Waals surface area contributed by atoms with Gasteiger partial charge in [0, 0.05) is 97.1 Å². The molecule has 132 heavy (non-hydrogen) atoms. The number of carboxylic acids is 3. The van der Waals surface area contributed by atoms with Crippen molar-refractivity contribution in [2.45, 2.75) is 188 Å². The van der Waals surface area contributed by atoms with Crippen LogP contribution in [-0.2, 0) is 158 Å². The summed E-state index contributed by atoms with van der Waals surface area (Å²) in [6.07, 6.45) is -7.72. The van der Waals surface area contributed by atoms with Gasteiger partial charge in [0.15, 0.2) is 42.1 Å². The second-order valence-corrected chi connectivity index (χ2v) is 29.9. The number of aliphatic hydroxyl groups excluding tert-OH is 3. The standard InChI is InChI=1S/C37H51NO15.C31H41NO16.C21H26O10/c1-8-14-47-16-18-49-19-17-48-15-13-38-35(43)28(10-12-32(42)45-6)21-30(41)29-20-27(22-50-25(4)39)9-11-31(29)52-37-34(51-26(5)40)24(3)23(2)33(53-37)36(44)46-7;1-3-9-43-11-13-45-14-12-44-10-8-32-29(40)20(5-7-24(35)36)16-22(34)21-15-19(17-46-18(2)33)4-6-23(21)47-31-27(39)25(37)26(38)28(48-31)30(41)42;1-10-11(2)18(29-13(4)23)21(31-17(10)20(26)27-5)30-16-7-6-14(9-28-12(3)22)8-15(16)19(24)25/h1,9,11,20,23-24,28,33-34,37H,10,12-19,21-22H2,2-7H3,(H,38,43);1,4,6,15,20,25-28,31,37-39H,5,7-14,16-17H2,2H3,(H,32,40)(H,35,36)(H,41,42);6-8,10-11,17-18,21H,9H2,1-5H3,(H,24,25)/t23-,24-,28-,33-,34+,37+;20-,25-,26-,27+,28-,31+;10-,11-,17-,18+,21+/m000/s1. The smallest absolute Gasteiger partial charge is 0.339 e. The average molecular weight is 1870 g/mol. The molecule has 730 valence electrons. The second-order valence-electron chi connectivity index (χ2n) is 29.9. The van der Waals surface area contributed by atoms with Crippen LogP contribution >= 0.6 is 0 Å². The van der Waals surface area contributed by atoms with Crippen molar-refractivity contribution < 1.29 is 197 Å². The van der Waals surface area contributed by atoms with Crippen molar-refractivity contribution >= 4 is 89.0 Å². The number of ether oxygens (including phenoxy) is 20. The molecule has 0 bridgehead atoms. The van der Waals surface area contributed by atoms with E-state index in [4.69, 9.17) is 108 Å². The van der Waals surface area contributed by atoms with Gasteiger partial charge in [0.1, 0.15) is 74.2 Å². The lowest BCUT2D eigenvalue weighted by Gasteiger charge is -2.42. The molecule has 0 aliphatic carbocycles. The van der Waals surface area contributed by atoms with Crippen molar-refractivity contribution in [3.8, 4) is 41.9 Å². The number of terminal acetylenes is 2. The van der Waals surface area contributed by atoms with E-state index in [9.17, 15) is 103 Å². The normalized spacial score (nSPS) is 21.6. The number of carbonyl (C=O) groups excluding carboxylic acids is 12. The molecule has 43 nitrogen and oxygen atoms in total. The van der Waals surface area contributed by atoms with Crippen molar-refractivity contribution in [3.63, 3.8) is 0 Å². The van der Waals surface area contributed by atoms with Crippen molar-refractivity contribution in [1.82, 2.24) is 10.6 Å². The van der Waals surface area contributed by atoms with Gasteiger partial charge in [-0.15, -0.1) is 12.8 Å². The number of rotatable bonds is 52. The summed E-state index contributed by atoms with van der Waals surface area (Å²) in [7, 11) is 3.66. The van der Waals surface area contributed by atoms with E-state index in [-0.39, 0.29) is 151 Å². The van der Waals surface area contributed by atoms with Crippen LogP contribution in [0.25, 0.3) is 0 Å². The summed E-state index contributed by atoms with van der Waals surface area (Å²) in [5.41, 5.74) is 0.765. The number of Topliss-reactive ketones (excluding diaryl/α,β-unsaturated/α-hetero) is 2. The number of aliphatic hydroxyl groups is 3. The zero-order chi connectivity index (χ0) is 98.3. The van der Waals surface area contributed by atoms with E-state index in [1.807, 2.05) is 0 Å². The summed E-state index contributed by atoms with van der Waals surface area (Å²) in [6, 6.07) is 12.6. The number of aliphatic carboxylic acids is 2. The first-order valence-electron chi connectivity index (χ1n) is 41.7. The van der Waals surface area contributed by atoms with Crippen molar-refractivity contribution in [2.24, 2.45) is 35.5 Å². The van der Waals surface area contributed by atoms with Crippen LogP contribution in [0.15, 0.2) is 54.6 Å². The Bertz CT molecular complexity index is 4400. The first-order chi connectivity index (χ1) is 62.7. The number of carbonyl (C=O) groups is 15. The van der Waals surface area contributed by atoms with E-state index in [1.165, 1.54) is 104 Å². The number of methoxy groups -OCH3 is 3. The molecule has 0 spiro atoms. The van der Waals surface area contributed by atoms with Crippen LogP contribution < -0.4 is 24.8 Å². The average Bonchev–Trinajstić information content (AvgIpc) is 0.790. The van der Waals surface area contributed by atoms with E-state index in [2.05, 4.69) is 22.5 Å². The number of esters is 8. The van der Waals surface area contributed by atoms with Gasteiger partial charge in [-0.05, 0) is 77.8 Å². The minimum atomic E-state index is -1.98. The Morgan fingerprint density at radius 2 is 0.765 bits per heavy atom. The monoisotopic (exact) mass is 1870 g/mol. The molecule has 0 radical (unpaired) electrons.